The van der Waals surface area contributed by atoms with Gasteiger partial charge in [-0.3, -0.25) is 4.79 Å². The van der Waals surface area contributed by atoms with Gasteiger partial charge in [-0.2, -0.15) is 0 Å². The van der Waals surface area contributed by atoms with Crippen molar-refractivity contribution in [3.05, 3.63) is 29.8 Å². The Bertz CT molecular complexity index is 712. The summed E-state index contributed by atoms with van der Waals surface area (Å²) in [5, 5.41) is 21.2. The van der Waals surface area contributed by atoms with Crippen LogP contribution in [0.1, 0.15) is 93.8 Å². The fourth-order valence-corrected chi connectivity index (χ4v) is 4.16. The van der Waals surface area contributed by atoms with Crippen LogP contribution in [0.15, 0.2) is 24.3 Å². The van der Waals surface area contributed by atoms with Crippen LogP contribution >= 0.6 is 0 Å². The van der Waals surface area contributed by atoms with Crippen LogP contribution in [-0.2, 0) is 14.3 Å². The van der Waals surface area contributed by atoms with Crippen LogP contribution in [0.2, 0.25) is 0 Å². The standard InChI is InChI=1S/C25H37NO6/c27-22(18-23(28)29)25(31)32-24(30)20-13-15-21(16-14-20)26-17-9-4-2-1-3-6-10-19-11-7-5-8-12-19/h13-16,19,22,26-27H,1-12,17-18H2,(H,28,29). The molecule has 1 aliphatic carbocycles. The van der Waals surface area contributed by atoms with Gasteiger partial charge in [0.05, 0.1) is 12.0 Å². The van der Waals surface area contributed by atoms with E-state index in [1.165, 1.54) is 82.8 Å². The number of nitrogens with one attached hydrogen (secondary N) is 1. The van der Waals surface area contributed by atoms with Gasteiger partial charge in [0.1, 0.15) is 0 Å². The van der Waals surface area contributed by atoms with Gasteiger partial charge in [-0.1, -0.05) is 70.6 Å². The maximum absolute atomic E-state index is 11.9. The van der Waals surface area contributed by atoms with Gasteiger partial charge in [0.15, 0.2) is 6.10 Å². The molecule has 32 heavy (non-hydrogen) atoms. The fraction of sp³-hybridized carbons (Fsp3) is 0.640. The molecule has 0 spiro atoms. The molecule has 1 fully saturated rings. The topological polar surface area (TPSA) is 113 Å². The van der Waals surface area contributed by atoms with Crippen molar-refractivity contribution in [1.29, 1.82) is 0 Å². The maximum Gasteiger partial charge on any atom is 0.345 e. The quantitative estimate of drug-likeness (QED) is 0.210. The summed E-state index contributed by atoms with van der Waals surface area (Å²) in [6.45, 7) is 0.853. The molecule has 1 aliphatic rings. The molecule has 0 heterocycles. The third-order valence-electron chi connectivity index (χ3n) is 6.05. The molecule has 1 atom stereocenters. The summed E-state index contributed by atoms with van der Waals surface area (Å²) in [5.74, 6) is -2.56. The lowest BCUT2D eigenvalue weighted by atomic mass is 9.85. The van der Waals surface area contributed by atoms with Crippen LogP contribution in [0, 0.1) is 5.92 Å². The molecule has 0 saturated heterocycles. The molecule has 1 aromatic carbocycles. The predicted octanol–water partition coefficient (Wildman–Crippen LogP) is 4.93. The van der Waals surface area contributed by atoms with E-state index in [1.807, 2.05) is 0 Å². The highest BCUT2D eigenvalue weighted by Gasteiger charge is 2.23. The molecule has 2 rings (SSSR count). The zero-order valence-electron chi connectivity index (χ0n) is 18.9. The van der Waals surface area contributed by atoms with Crippen molar-refractivity contribution in [2.24, 2.45) is 5.92 Å². The van der Waals surface area contributed by atoms with Crippen LogP contribution in [0.3, 0.4) is 0 Å². The summed E-state index contributed by atoms with van der Waals surface area (Å²) in [7, 11) is 0. The van der Waals surface area contributed by atoms with E-state index in [0.29, 0.717) is 0 Å². The van der Waals surface area contributed by atoms with Crippen molar-refractivity contribution in [1.82, 2.24) is 0 Å². The molecule has 1 aromatic rings. The molecule has 0 amide bonds. The van der Waals surface area contributed by atoms with E-state index < -0.39 is 30.4 Å². The molecule has 7 heteroatoms. The Kier molecular flexibility index (Phi) is 11.8. The first kappa shape index (κ1) is 25.8. The Morgan fingerprint density at radius 3 is 2.22 bits per heavy atom. The highest BCUT2D eigenvalue weighted by atomic mass is 16.6. The number of rotatable bonds is 14. The Labute approximate surface area is 190 Å². The lowest BCUT2D eigenvalue weighted by molar-refractivity contribution is -0.153. The highest BCUT2D eigenvalue weighted by molar-refractivity contribution is 5.98. The summed E-state index contributed by atoms with van der Waals surface area (Å²) in [4.78, 5) is 33.9. The van der Waals surface area contributed by atoms with Crippen LogP contribution in [0.25, 0.3) is 0 Å². The second-order valence-electron chi connectivity index (χ2n) is 8.74. The van der Waals surface area contributed by atoms with Crippen molar-refractivity contribution in [3.8, 4) is 0 Å². The SMILES string of the molecule is O=C(O)CC(O)C(=O)OC(=O)c1ccc(NCCCCCCCCC2CCCCC2)cc1. The van der Waals surface area contributed by atoms with Crippen molar-refractivity contribution < 1.29 is 29.3 Å². The number of carboxylic acids is 1. The summed E-state index contributed by atoms with van der Waals surface area (Å²) in [6.07, 6.45) is 13.5. The van der Waals surface area contributed by atoms with Gasteiger partial charge >= 0.3 is 17.9 Å². The van der Waals surface area contributed by atoms with Gasteiger partial charge < -0.3 is 20.3 Å². The number of aliphatic hydroxyl groups is 1. The Morgan fingerprint density at radius 1 is 0.938 bits per heavy atom. The number of esters is 2. The third-order valence-corrected chi connectivity index (χ3v) is 6.05. The predicted molar refractivity (Wildman–Crippen MR) is 123 cm³/mol. The van der Waals surface area contributed by atoms with E-state index in [1.54, 1.807) is 12.1 Å². The van der Waals surface area contributed by atoms with E-state index in [2.05, 4.69) is 10.1 Å². The smallest absolute Gasteiger partial charge is 0.345 e. The molecule has 0 radical (unpaired) electrons. The largest absolute Gasteiger partial charge is 0.481 e. The number of carbonyl (C=O) groups excluding carboxylic acids is 2. The zero-order valence-corrected chi connectivity index (χ0v) is 18.9. The second-order valence-corrected chi connectivity index (χ2v) is 8.74. The van der Waals surface area contributed by atoms with E-state index in [9.17, 15) is 19.5 Å². The Hall–Kier alpha value is -2.41. The average Bonchev–Trinajstić information content (AvgIpc) is 2.78. The number of carboxylic acid groups (broad SMARTS) is 1. The summed E-state index contributed by atoms with van der Waals surface area (Å²) < 4.78 is 4.52. The van der Waals surface area contributed by atoms with Crippen molar-refractivity contribution in [2.45, 2.75) is 89.6 Å². The molecule has 3 N–H and O–H groups in total. The minimum absolute atomic E-state index is 0.152. The number of aliphatic hydroxyl groups excluding tert-OH is 1. The number of carbonyl (C=O) groups is 3. The van der Waals surface area contributed by atoms with Crippen molar-refractivity contribution >= 4 is 23.6 Å². The van der Waals surface area contributed by atoms with Crippen LogP contribution in [-0.4, -0.2) is 40.8 Å². The molecule has 0 bridgehead atoms. The van der Waals surface area contributed by atoms with Crippen LogP contribution in [0.5, 0.6) is 0 Å². The van der Waals surface area contributed by atoms with Gasteiger partial charge in [0.2, 0.25) is 0 Å². The molecule has 178 valence electrons. The molecular formula is C25H37NO6. The van der Waals surface area contributed by atoms with Crippen LogP contribution < -0.4 is 5.32 Å². The van der Waals surface area contributed by atoms with Gasteiger partial charge in [0, 0.05) is 12.2 Å². The fourth-order valence-electron chi connectivity index (χ4n) is 4.16. The molecule has 7 nitrogen and oxygen atoms in total. The summed E-state index contributed by atoms with van der Waals surface area (Å²) >= 11 is 0. The van der Waals surface area contributed by atoms with Crippen molar-refractivity contribution in [3.63, 3.8) is 0 Å². The van der Waals surface area contributed by atoms with E-state index in [4.69, 9.17) is 5.11 Å². The lowest BCUT2D eigenvalue weighted by Crippen LogP contribution is -2.28. The number of aliphatic carboxylic acids is 1. The van der Waals surface area contributed by atoms with Gasteiger partial charge in [-0.25, -0.2) is 9.59 Å². The summed E-state index contributed by atoms with van der Waals surface area (Å²) in [5.41, 5.74) is 1.02. The van der Waals surface area contributed by atoms with Gasteiger partial charge in [-0.15, -0.1) is 0 Å². The zero-order chi connectivity index (χ0) is 23.2. The number of benzene rings is 1. The highest BCUT2D eigenvalue weighted by Crippen LogP contribution is 2.28. The third kappa shape index (κ3) is 10.3. The Morgan fingerprint density at radius 2 is 1.56 bits per heavy atom. The van der Waals surface area contributed by atoms with Gasteiger partial charge in [0.25, 0.3) is 0 Å². The molecule has 0 aromatic heterocycles. The molecule has 1 saturated carbocycles. The minimum Gasteiger partial charge on any atom is -0.481 e. The monoisotopic (exact) mass is 447 g/mol. The molecule has 0 aliphatic heterocycles. The number of ether oxygens (including phenoxy) is 1. The minimum atomic E-state index is -1.87. The number of unbranched alkanes of at least 4 members (excludes halogenated alkanes) is 5. The number of anilines is 1. The van der Waals surface area contributed by atoms with E-state index >= 15 is 0 Å². The molecular weight excluding hydrogens is 410 g/mol. The van der Waals surface area contributed by atoms with Gasteiger partial charge in [-0.05, 0) is 36.6 Å². The average molecular weight is 448 g/mol. The number of hydrogen-bond donors (Lipinski definition) is 3. The first-order chi connectivity index (χ1) is 15.5. The number of hydrogen-bond acceptors (Lipinski definition) is 6. The normalized spacial score (nSPS) is 15.2. The van der Waals surface area contributed by atoms with Crippen molar-refractivity contribution in [2.75, 3.05) is 11.9 Å². The van der Waals surface area contributed by atoms with E-state index in [0.717, 1.165) is 24.6 Å². The van der Waals surface area contributed by atoms with Crippen LogP contribution in [0.4, 0.5) is 5.69 Å². The maximum atomic E-state index is 11.9. The molecule has 1 unspecified atom stereocenters. The first-order valence-electron chi connectivity index (χ1n) is 12.0. The second kappa shape index (κ2) is 14.6. The summed E-state index contributed by atoms with van der Waals surface area (Å²) in [6, 6.07) is 6.49. The first-order valence-corrected chi connectivity index (χ1v) is 12.0. The lowest BCUT2D eigenvalue weighted by Gasteiger charge is -2.21. The van der Waals surface area contributed by atoms with E-state index in [-0.39, 0.29) is 5.56 Å². The Balaban J connectivity index is 1.53.